The van der Waals surface area contributed by atoms with Gasteiger partial charge in [-0.25, -0.2) is 5.84 Å². The zero-order valence-electron chi connectivity index (χ0n) is 32.8. The number of anilines is 1. The molecule has 4 rings (SSSR count). The highest BCUT2D eigenvalue weighted by Crippen LogP contribution is 2.51. The molecule has 0 aliphatic carbocycles. The highest BCUT2D eigenvalue weighted by molar-refractivity contribution is 7.86. The second-order valence-electron chi connectivity index (χ2n) is 15.0. The standard InChI is InChI=1S/C37H50N4O14S4/c1-36(2)29-25-27(58(49,50)51)16-18-31(29)40(22-12-24-57(46,47)48)33(36)13-6-4-7-14-34-37(3,20-9-11-23-56(43,44)45)30-26-28(59(52,53)54)17-19-32(30)41(34)21-10-5-8-15-35(42)55-39-38/h4,6-7,13-14,16-19,25-26,39H,5,8-12,15,20-24,38H2,1-3H3,(H3-,43,44,45,46,47,48,49,50,51,52,53,54)/p+1. The fraction of sp³-hybridized carbons (Fsp3) is 0.459. The summed E-state index contributed by atoms with van der Waals surface area (Å²) in [5.74, 6) is 3.53. The van der Waals surface area contributed by atoms with E-state index >= 15 is 0 Å². The Bertz CT molecular complexity index is 2500. The normalized spacial score (nSPS) is 19.0. The van der Waals surface area contributed by atoms with Gasteiger partial charge in [-0.2, -0.15) is 38.2 Å². The summed E-state index contributed by atoms with van der Waals surface area (Å²) in [5.41, 5.74) is 3.86. The Morgan fingerprint density at radius 3 is 2.00 bits per heavy atom. The summed E-state index contributed by atoms with van der Waals surface area (Å²) in [6.07, 6.45) is 11.4. The van der Waals surface area contributed by atoms with Crippen LogP contribution in [0.15, 0.2) is 82.3 Å². The number of rotatable bonds is 21. The van der Waals surface area contributed by atoms with Crippen molar-refractivity contribution in [1.29, 1.82) is 0 Å². The number of allylic oxidation sites excluding steroid dienone is 6. The van der Waals surface area contributed by atoms with Gasteiger partial charge in [-0.15, -0.1) is 0 Å². The van der Waals surface area contributed by atoms with Crippen molar-refractivity contribution >= 4 is 63.5 Å². The van der Waals surface area contributed by atoms with Crippen LogP contribution in [0.5, 0.6) is 0 Å². The number of unbranched alkanes of at least 4 members (excludes halogenated alkanes) is 3. The molecule has 0 amide bonds. The van der Waals surface area contributed by atoms with Gasteiger partial charge in [0.05, 0.1) is 26.7 Å². The zero-order chi connectivity index (χ0) is 44.0. The molecular weight excluding hydrogens is 853 g/mol. The molecule has 0 saturated carbocycles. The molecular formula is C37H51N4O14S4+. The number of hydrogen-bond donors (Lipinski definition) is 6. The van der Waals surface area contributed by atoms with Crippen molar-refractivity contribution < 1.29 is 66.1 Å². The van der Waals surface area contributed by atoms with Crippen LogP contribution in [0, 0.1) is 0 Å². The van der Waals surface area contributed by atoms with E-state index in [-0.39, 0.29) is 35.6 Å². The Hall–Kier alpha value is -3.84. The van der Waals surface area contributed by atoms with Gasteiger partial charge in [-0.3, -0.25) is 23.0 Å². The predicted octanol–water partition coefficient (Wildman–Crippen LogP) is 4.15. The summed E-state index contributed by atoms with van der Waals surface area (Å²) in [6.45, 7) is 6.13. The molecule has 18 nitrogen and oxygen atoms in total. The molecule has 0 spiro atoms. The summed E-state index contributed by atoms with van der Waals surface area (Å²) in [5, 5.41) is 0. The maximum atomic E-state index is 12.3. The van der Waals surface area contributed by atoms with Gasteiger partial charge in [0.25, 0.3) is 40.5 Å². The quantitative estimate of drug-likeness (QED) is 0.0256. The summed E-state index contributed by atoms with van der Waals surface area (Å²) in [7, 11) is -17.6. The lowest BCUT2D eigenvalue weighted by molar-refractivity contribution is -0.437. The van der Waals surface area contributed by atoms with Crippen molar-refractivity contribution in [1.82, 2.24) is 5.59 Å². The Morgan fingerprint density at radius 1 is 0.780 bits per heavy atom. The van der Waals surface area contributed by atoms with E-state index in [4.69, 9.17) is 5.84 Å². The Morgan fingerprint density at radius 2 is 1.39 bits per heavy atom. The molecule has 2 aliphatic heterocycles. The largest absolute Gasteiger partial charge is 0.356 e. The maximum absolute atomic E-state index is 12.3. The van der Waals surface area contributed by atoms with Crippen LogP contribution in [0.25, 0.3) is 0 Å². The molecule has 0 radical (unpaired) electrons. The molecule has 0 aromatic heterocycles. The van der Waals surface area contributed by atoms with Crippen LogP contribution in [0.4, 0.5) is 11.4 Å². The number of hydrogen-bond acceptors (Lipinski definition) is 13. The van der Waals surface area contributed by atoms with Gasteiger partial charge in [0, 0.05) is 53.9 Å². The Labute approximate surface area is 345 Å². The highest BCUT2D eigenvalue weighted by atomic mass is 32.2. The fourth-order valence-electron chi connectivity index (χ4n) is 7.61. The van der Waals surface area contributed by atoms with Crippen molar-refractivity contribution in [3.8, 4) is 0 Å². The number of nitrogens with zero attached hydrogens (tertiary/aromatic N) is 2. The van der Waals surface area contributed by atoms with Gasteiger partial charge < -0.3 is 9.74 Å². The van der Waals surface area contributed by atoms with Gasteiger partial charge in [0.2, 0.25) is 5.69 Å². The number of nitrogens with two attached hydrogens (primary N) is 1. The second kappa shape index (κ2) is 18.8. The van der Waals surface area contributed by atoms with Crippen LogP contribution in [0.3, 0.4) is 0 Å². The van der Waals surface area contributed by atoms with Gasteiger partial charge in [-0.05, 0) is 88.4 Å². The lowest BCUT2D eigenvalue weighted by atomic mass is 9.77. The number of carbonyl (C=O) groups excluding carboxylic acids is 1. The minimum Gasteiger partial charge on any atom is -0.356 e. The minimum atomic E-state index is -4.60. The number of carbonyl (C=O) groups is 1. The molecule has 0 bridgehead atoms. The van der Waals surface area contributed by atoms with Crippen LogP contribution in [0.2, 0.25) is 0 Å². The molecule has 1 atom stereocenters. The molecule has 2 aromatic rings. The van der Waals surface area contributed by atoms with Crippen molar-refractivity contribution in [2.75, 3.05) is 29.5 Å². The van der Waals surface area contributed by atoms with E-state index in [0.29, 0.717) is 72.6 Å². The molecule has 0 saturated heterocycles. The molecule has 59 heavy (non-hydrogen) atoms. The van der Waals surface area contributed by atoms with Crippen molar-refractivity contribution in [3.63, 3.8) is 0 Å². The third-order valence-electron chi connectivity index (χ3n) is 10.4. The van der Waals surface area contributed by atoms with Gasteiger partial charge in [0.15, 0.2) is 5.71 Å². The molecule has 2 aliphatic rings. The lowest BCUT2D eigenvalue weighted by Gasteiger charge is -2.30. The average molecular weight is 904 g/mol. The molecule has 0 fully saturated rings. The summed E-state index contributed by atoms with van der Waals surface area (Å²) < 4.78 is 135. The van der Waals surface area contributed by atoms with E-state index < -0.39 is 68.8 Å². The van der Waals surface area contributed by atoms with E-state index in [1.807, 2.05) is 41.9 Å². The first-order chi connectivity index (χ1) is 27.3. The molecule has 1 unspecified atom stereocenters. The smallest absolute Gasteiger partial charge is 0.326 e. The average Bonchev–Trinajstić information content (AvgIpc) is 3.47. The first-order valence-corrected chi connectivity index (χ1v) is 24.7. The summed E-state index contributed by atoms with van der Waals surface area (Å²) in [6, 6.07) is 8.40. The SMILES string of the molecule is CC1(C)C(C=CC=CC=C2N(CCCCCC(=O)ONN)c3ccc(S(=O)(=O)O)cc3C2(C)CCCCS(=O)(=O)O)=[N+](CCCS(=O)(=O)O)c2ccc(S(=O)(=O)O)cc21. The van der Waals surface area contributed by atoms with Crippen LogP contribution >= 0.6 is 0 Å². The van der Waals surface area contributed by atoms with Crippen LogP contribution < -0.4 is 16.3 Å². The first-order valence-electron chi connectivity index (χ1n) is 18.6. The van der Waals surface area contributed by atoms with E-state index in [1.54, 1.807) is 30.4 Å². The summed E-state index contributed by atoms with van der Waals surface area (Å²) >= 11 is 0. The third-order valence-corrected chi connectivity index (χ3v) is 13.8. The highest BCUT2D eigenvalue weighted by Gasteiger charge is 2.45. The number of benzene rings is 2. The minimum absolute atomic E-state index is 0.0428. The molecule has 326 valence electrons. The molecule has 2 heterocycles. The second-order valence-corrected chi connectivity index (χ2v) is 21.0. The fourth-order valence-corrected chi connectivity index (χ4v) is 9.69. The van der Waals surface area contributed by atoms with Gasteiger partial charge in [-0.1, -0.05) is 36.7 Å². The predicted molar refractivity (Wildman–Crippen MR) is 220 cm³/mol. The number of nitrogens with one attached hydrogen (secondary N) is 1. The third kappa shape index (κ3) is 12.4. The van der Waals surface area contributed by atoms with E-state index in [0.717, 1.165) is 0 Å². The van der Waals surface area contributed by atoms with Crippen molar-refractivity contribution in [3.05, 3.63) is 83.6 Å². The van der Waals surface area contributed by atoms with Gasteiger partial charge >= 0.3 is 5.97 Å². The van der Waals surface area contributed by atoms with Crippen molar-refractivity contribution in [2.45, 2.75) is 92.8 Å². The summed E-state index contributed by atoms with van der Waals surface area (Å²) in [4.78, 5) is 17.7. The molecule has 22 heteroatoms. The maximum Gasteiger partial charge on any atom is 0.326 e. The van der Waals surface area contributed by atoms with Crippen molar-refractivity contribution in [2.24, 2.45) is 5.84 Å². The molecule has 7 N–H and O–H groups in total. The van der Waals surface area contributed by atoms with Crippen LogP contribution in [-0.2, 0) is 60.9 Å². The van der Waals surface area contributed by atoms with E-state index in [9.17, 15) is 56.7 Å². The number of hydrazine groups is 1. The lowest BCUT2D eigenvalue weighted by Crippen LogP contribution is -2.29. The van der Waals surface area contributed by atoms with E-state index in [2.05, 4.69) is 4.84 Å². The number of fused-ring (bicyclic) bond motifs is 2. The monoisotopic (exact) mass is 903 g/mol. The van der Waals surface area contributed by atoms with Gasteiger partial charge in [0.1, 0.15) is 6.54 Å². The zero-order valence-corrected chi connectivity index (χ0v) is 36.1. The van der Waals surface area contributed by atoms with Crippen LogP contribution in [-0.4, -0.2) is 92.7 Å². The van der Waals surface area contributed by atoms with E-state index in [1.165, 1.54) is 30.3 Å². The topological polar surface area (TPSA) is 288 Å². The molecule has 2 aromatic carbocycles. The Balaban J connectivity index is 1.75. The Kier molecular flexibility index (Phi) is 15.3. The first kappa shape index (κ1) is 47.8. The van der Waals surface area contributed by atoms with Crippen LogP contribution in [0.1, 0.15) is 83.3 Å².